The molecule has 1 aromatic carbocycles. The zero-order valence-electron chi connectivity index (χ0n) is 14.3. The third-order valence-electron chi connectivity index (χ3n) is 4.49. The summed E-state index contributed by atoms with van der Waals surface area (Å²) in [6.45, 7) is 6.27. The fourth-order valence-corrected chi connectivity index (χ4v) is 3.15. The van der Waals surface area contributed by atoms with Crippen LogP contribution in [-0.2, 0) is 9.59 Å². The summed E-state index contributed by atoms with van der Waals surface area (Å²) in [7, 11) is 0. The second-order valence-corrected chi connectivity index (χ2v) is 7.19. The predicted octanol–water partition coefficient (Wildman–Crippen LogP) is 3.01. The SMILES string of the molecule is CCCNC(=O)C1CCN([C@H](C)C(=O)Nc2ccc(Br)cc2)CC1. The van der Waals surface area contributed by atoms with Crippen LogP contribution >= 0.6 is 15.9 Å². The van der Waals surface area contributed by atoms with Crippen molar-refractivity contribution in [3.05, 3.63) is 28.7 Å². The smallest absolute Gasteiger partial charge is 0.241 e. The standard InChI is InChI=1S/C18H26BrN3O2/c1-3-10-20-18(24)14-8-11-22(12-9-14)13(2)17(23)21-16-6-4-15(19)5-7-16/h4-7,13-14H,3,8-12H2,1-2H3,(H,20,24)(H,21,23)/t13-/m1/s1. The van der Waals surface area contributed by atoms with Crippen molar-refractivity contribution in [2.45, 2.75) is 39.2 Å². The van der Waals surface area contributed by atoms with Gasteiger partial charge in [-0.15, -0.1) is 0 Å². The summed E-state index contributed by atoms with van der Waals surface area (Å²) >= 11 is 3.38. The Morgan fingerprint density at radius 3 is 2.46 bits per heavy atom. The first kappa shape index (κ1) is 18.9. The van der Waals surface area contributed by atoms with Crippen LogP contribution in [0.15, 0.2) is 28.7 Å². The lowest BCUT2D eigenvalue weighted by Crippen LogP contribution is -2.48. The molecule has 1 aliphatic heterocycles. The highest BCUT2D eigenvalue weighted by atomic mass is 79.9. The van der Waals surface area contributed by atoms with Crippen LogP contribution in [-0.4, -0.2) is 42.4 Å². The molecule has 0 aliphatic carbocycles. The van der Waals surface area contributed by atoms with Gasteiger partial charge < -0.3 is 10.6 Å². The number of anilines is 1. The Morgan fingerprint density at radius 2 is 1.88 bits per heavy atom. The highest BCUT2D eigenvalue weighted by molar-refractivity contribution is 9.10. The molecule has 0 saturated carbocycles. The van der Waals surface area contributed by atoms with Gasteiger partial charge in [0.15, 0.2) is 0 Å². The van der Waals surface area contributed by atoms with Crippen LogP contribution in [0, 0.1) is 5.92 Å². The number of carbonyl (C=O) groups excluding carboxylic acids is 2. The Balaban J connectivity index is 1.81. The Bertz CT molecular complexity index is 554. The fourth-order valence-electron chi connectivity index (χ4n) is 2.89. The second kappa shape index (κ2) is 9.18. The number of halogens is 1. The lowest BCUT2D eigenvalue weighted by molar-refractivity contribution is -0.127. The molecule has 0 aromatic heterocycles. The Labute approximate surface area is 152 Å². The third kappa shape index (κ3) is 5.31. The molecule has 5 nitrogen and oxygen atoms in total. The topological polar surface area (TPSA) is 61.4 Å². The molecule has 24 heavy (non-hydrogen) atoms. The van der Waals surface area contributed by atoms with E-state index >= 15 is 0 Å². The number of amides is 2. The first-order valence-corrected chi connectivity index (χ1v) is 9.38. The van der Waals surface area contributed by atoms with E-state index in [0.717, 1.165) is 49.1 Å². The van der Waals surface area contributed by atoms with Gasteiger partial charge in [0.2, 0.25) is 11.8 Å². The summed E-state index contributed by atoms with van der Waals surface area (Å²) in [6, 6.07) is 7.35. The lowest BCUT2D eigenvalue weighted by Gasteiger charge is -2.34. The molecule has 1 fully saturated rings. The van der Waals surface area contributed by atoms with Crippen molar-refractivity contribution in [2.75, 3.05) is 25.0 Å². The minimum absolute atomic E-state index is 0.00814. The van der Waals surface area contributed by atoms with Crippen LogP contribution in [0.1, 0.15) is 33.1 Å². The van der Waals surface area contributed by atoms with Gasteiger partial charge in [-0.3, -0.25) is 14.5 Å². The molecule has 0 bridgehead atoms. The van der Waals surface area contributed by atoms with Crippen molar-refractivity contribution in [3.63, 3.8) is 0 Å². The molecule has 0 unspecified atom stereocenters. The van der Waals surface area contributed by atoms with E-state index in [9.17, 15) is 9.59 Å². The van der Waals surface area contributed by atoms with E-state index in [1.807, 2.05) is 31.2 Å². The molecule has 132 valence electrons. The van der Waals surface area contributed by atoms with E-state index in [2.05, 4.69) is 38.4 Å². The van der Waals surface area contributed by atoms with Crippen molar-refractivity contribution in [2.24, 2.45) is 5.92 Å². The van der Waals surface area contributed by atoms with E-state index in [1.165, 1.54) is 0 Å². The number of hydrogen-bond donors (Lipinski definition) is 2. The van der Waals surface area contributed by atoms with Crippen molar-refractivity contribution in [1.82, 2.24) is 10.2 Å². The first-order valence-electron chi connectivity index (χ1n) is 8.59. The van der Waals surface area contributed by atoms with Gasteiger partial charge in [0.25, 0.3) is 0 Å². The Hall–Kier alpha value is -1.40. The maximum atomic E-state index is 12.4. The van der Waals surface area contributed by atoms with Crippen LogP contribution in [0.3, 0.4) is 0 Å². The van der Waals surface area contributed by atoms with Crippen molar-refractivity contribution in [3.8, 4) is 0 Å². The summed E-state index contributed by atoms with van der Waals surface area (Å²) in [5.74, 6) is 0.226. The average Bonchev–Trinajstić information content (AvgIpc) is 2.61. The normalized spacial score (nSPS) is 17.3. The molecule has 1 saturated heterocycles. The summed E-state index contributed by atoms with van der Waals surface area (Å²) < 4.78 is 0.983. The van der Waals surface area contributed by atoms with Crippen LogP contribution < -0.4 is 10.6 Å². The third-order valence-corrected chi connectivity index (χ3v) is 5.02. The molecule has 0 spiro atoms. The highest BCUT2D eigenvalue weighted by Crippen LogP contribution is 2.20. The van der Waals surface area contributed by atoms with Gasteiger partial charge in [0, 0.05) is 22.6 Å². The molecular formula is C18H26BrN3O2. The minimum atomic E-state index is -0.201. The van der Waals surface area contributed by atoms with E-state index in [0.29, 0.717) is 0 Å². The van der Waals surface area contributed by atoms with Crippen molar-refractivity contribution >= 4 is 33.4 Å². The average molecular weight is 396 g/mol. The molecule has 2 rings (SSSR count). The number of likely N-dealkylation sites (tertiary alicyclic amines) is 1. The maximum Gasteiger partial charge on any atom is 0.241 e. The quantitative estimate of drug-likeness (QED) is 0.777. The van der Waals surface area contributed by atoms with E-state index in [-0.39, 0.29) is 23.8 Å². The van der Waals surface area contributed by atoms with Crippen LogP contribution in [0.5, 0.6) is 0 Å². The number of benzene rings is 1. The first-order chi connectivity index (χ1) is 11.5. The van der Waals surface area contributed by atoms with E-state index < -0.39 is 0 Å². The molecule has 1 aromatic rings. The summed E-state index contributed by atoms with van der Waals surface area (Å²) in [4.78, 5) is 26.6. The van der Waals surface area contributed by atoms with E-state index in [1.54, 1.807) is 0 Å². The largest absolute Gasteiger partial charge is 0.356 e. The zero-order chi connectivity index (χ0) is 17.5. The van der Waals surface area contributed by atoms with Crippen molar-refractivity contribution in [1.29, 1.82) is 0 Å². The molecule has 1 atom stereocenters. The van der Waals surface area contributed by atoms with Crippen LogP contribution in [0.2, 0.25) is 0 Å². The van der Waals surface area contributed by atoms with Crippen LogP contribution in [0.25, 0.3) is 0 Å². The number of nitrogens with zero attached hydrogens (tertiary/aromatic N) is 1. The number of carbonyl (C=O) groups is 2. The Kier molecular flexibility index (Phi) is 7.24. The second-order valence-electron chi connectivity index (χ2n) is 6.27. The van der Waals surface area contributed by atoms with Gasteiger partial charge in [-0.25, -0.2) is 0 Å². The lowest BCUT2D eigenvalue weighted by atomic mass is 9.95. The maximum absolute atomic E-state index is 12.4. The molecular weight excluding hydrogens is 370 g/mol. The predicted molar refractivity (Wildman–Crippen MR) is 99.8 cm³/mol. The monoisotopic (exact) mass is 395 g/mol. The number of rotatable bonds is 6. The van der Waals surface area contributed by atoms with Gasteiger partial charge in [-0.05, 0) is 63.5 Å². The summed E-state index contributed by atoms with van der Waals surface area (Å²) in [6.07, 6.45) is 2.58. The summed E-state index contributed by atoms with van der Waals surface area (Å²) in [5, 5.41) is 5.91. The van der Waals surface area contributed by atoms with Gasteiger partial charge in [-0.1, -0.05) is 22.9 Å². The minimum Gasteiger partial charge on any atom is -0.356 e. The van der Waals surface area contributed by atoms with Gasteiger partial charge in [0.1, 0.15) is 0 Å². The van der Waals surface area contributed by atoms with E-state index in [4.69, 9.17) is 0 Å². The molecule has 0 radical (unpaired) electrons. The highest BCUT2D eigenvalue weighted by Gasteiger charge is 2.29. The number of nitrogens with one attached hydrogen (secondary N) is 2. The Morgan fingerprint density at radius 1 is 1.25 bits per heavy atom. The molecule has 2 N–H and O–H groups in total. The van der Waals surface area contributed by atoms with Gasteiger partial charge in [0.05, 0.1) is 6.04 Å². The number of piperidine rings is 1. The summed E-state index contributed by atoms with van der Waals surface area (Å²) in [5.41, 5.74) is 0.795. The molecule has 2 amide bonds. The zero-order valence-corrected chi connectivity index (χ0v) is 15.9. The number of hydrogen-bond acceptors (Lipinski definition) is 3. The fraction of sp³-hybridized carbons (Fsp3) is 0.556. The molecule has 1 heterocycles. The van der Waals surface area contributed by atoms with Gasteiger partial charge in [-0.2, -0.15) is 0 Å². The van der Waals surface area contributed by atoms with Crippen LogP contribution in [0.4, 0.5) is 5.69 Å². The van der Waals surface area contributed by atoms with Crippen molar-refractivity contribution < 1.29 is 9.59 Å². The molecule has 6 heteroatoms. The molecule has 1 aliphatic rings. The van der Waals surface area contributed by atoms with Gasteiger partial charge >= 0.3 is 0 Å².